The number of furan rings is 1. The molecule has 2 heterocycles. The van der Waals surface area contributed by atoms with Crippen LogP contribution in [-0.4, -0.2) is 4.57 Å². The number of benzene rings is 13. The van der Waals surface area contributed by atoms with Crippen molar-refractivity contribution in [3.05, 3.63) is 261 Å². The molecule has 0 saturated heterocycles. The molecule has 0 fully saturated rings. The van der Waals surface area contributed by atoms with Gasteiger partial charge in [0.15, 0.2) is 0 Å². The largest absolute Gasteiger partial charge is 0.455 e. The van der Waals surface area contributed by atoms with Gasteiger partial charge in [-0.05, 0) is 113 Å². The van der Waals surface area contributed by atoms with Crippen LogP contribution < -0.4 is 0 Å². The molecule has 13 aromatic carbocycles. The van der Waals surface area contributed by atoms with E-state index in [9.17, 15) is 0 Å². The molecule has 0 aliphatic rings. The van der Waals surface area contributed by atoms with Crippen LogP contribution in [0.15, 0.2) is 265 Å². The zero-order valence-corrected chi connectivity index (χ0v) is 39.2. The zero-order chi connectivity index (χ0) is 47.3. The van der Waals surface area contributed by atoms with Crippen LogP contribution in [0.25, 0.3) is 148 Å². The van der Waals surface area contributed by atoms with Crippen LogP contribution in [-0.2, 0) is 0 Å². The van der Waals surface area contributed by atoms with E-state index in [1.54, 1.807) is 0 Å². The summed E-state index contributed by atoms with van der Waals surface area (Å²) in [6, 6.07) is 95.4. The first-order chi connectivity index (χ1) is 35.7. The van der Waals surface area contributed by atoms with E-state index in [1.165, 1.54) is 121 Å². The standard InChI is InChI=1S/C70H43NO/c1-4-19-44(20-5-1)47-35-38-63-60(41-47)61-42-48(45-21-6-2-7-22-45)36-39-64(61)71(63)69-56-31-16-14-29-54(56)68(55-30-15-17-32-57(55)69)59-34-18-33-58-62-43-49(37-40-65(62)72-70(58)59)67-52-27-12-10-25-50(52)66(46-23-8-3-9-24-46)51-26-11-13-28-53(51)67/h1-43H. The van der Waals surface area contributed by atoms with E-state index in [0.717, 1.165) is 27.5 Å². The summed E-state index contributed by atoms with van der Waals surface area (Å²) in [6.07, 6.45) is 0. The molecule has 15 aromatic rings. The molecule has 0 N–H and O–H groups in total. The number of fused-ring (bicyclic) bond motifs is 10. The quantitative estimate of drug-likeness (QED) is 0.152. The Kier molecular flexibility index (Phi) is 8.99. The Morgan fingerprint density at radius 2 is 0.625 bits per heavy atom. The molecule has 0 radical (unpaired) electrons. The third-order valence-electron chi connectivity index (χ3n) is 15.2. The highest BCUT2D eigenvalue weighted by Gasteiger charge is 2.24. The Labute approximate surface area is 415 Å². The SMILES string of the molecule is c1ccc(-c2ccc3c(c2)c2cc(-c4ccccc4)ccc2n3-c2c3ccccc3c(-c3cccc4c3oc3ccc(-c5c6ccccc6c(-c6ccccc6)c6ccccc56)cc34)c3ccccc23)cc1. The van der Waals surface area contributed by atoms with Gasteiger partial charge >= 0.3 is 0 Å². The lowest BCUT2D eigenvalue weighted by Gasteiger charge is -2.19. The molecule has 0 saturated carbocycles. The fraction of sp³-hybridized carbons (Fsp3) is 0. The van der Waals surface area contributed by atoms with E-state index in [4.69, 9.17) is 4.42 Å². The minimum atomic E-state index is 0.871. The van der Waals surface area contributed by atoms with Crippen LogP contribution in [0.4, 0.5) is 0 Å². The highest BCUT2D eigenvalue weighted by Crippen LogP contribution is 2.49. The van der Waals surface area contributed by atoms with Crippen LogP contribution in [0, 0.1) is 0 Å². The maximum absolute atomic E-state index is 7.09. The molecule has 72 heavy (non-hydrogen) atoms. The van der Waals surface area contributed by atoms with Gasteiger partial charge in [0.05, 0.1) is 16.7 Å². The third-order valence-corrected chi connectivity index (χ3v) is 15.2. The average molecular weight is 914 g/mol. The van der Waals surface area contributed by atoms with E-state index < -0.39 is 0 Å². The maximum atomic E-state index is 7.09. The van der Waals surface area contributed by atoms with E-state index in [2.05, 4.69) is 265 Å². The first kappa shape index (κ1) is 40.4. The van der Waals surface area contributed by atoms with E-state index >= 15 is 0 Å². The summed E-state index contributed by atoms with van der Waals surface area (Å²) in [6.45, 7) is 0. The average Bonchev–Trinajstić information content (AvgIpc) is 3.99. The first-order valence-corrected chi connectivity index (χ1v) is 24.8. The number of hydrogen-bond donors (Lipinski definition) is 0. The fourth-order valence-corrected chi connectivity index (χ4v) is 12.0. The minimum absolute atomic E-state index is 0.871. The Hall–Kier alpha value is -9.50. The van der Waals surface area contributed by atoms with Gasteiger partial charge in [0.1, 0.15) is 11.2 Å². The molecule has 334 valence electrons. The van der Waals surface area contributed by atoms with Gasteiger partial charge in [0.25, 0.3) is 0 Å². The van der Waals surface area contributed by atoms with E-state index in [-0.39, 0.29) is 0 Å². The van der Waals surface area contributed by atoms with Crippen LogP contribution in [0.1, 0.15) is 0 Å². The predicted molar refractivity (Wildman–Crippen MR) is 305 cm³/mol. The van der Waals surface area contributed by atoms with Gasteiger partial charge in [-0.1, -0.05) is 224 Å². The molecule has 0 aliphatic carbocycles. The smallest absolute Gasteiger partial charge is 0.143 e. The van der Waals surface area contributed by atoms with Crippen molar-refractivity contribution in [2.24, 2.45) is 0 Å². The van der Waals surface area contributed by atoms with Gasteiger partial charge in [-0.3, -0.25) is 0 Å². The number of para-hydroxylation sites is 1. The van der Waals surface area contributed by atoms with Gasteiger partial charge in [-0.15, -0.1) is 0 Å². The Morgan fingerprint density at radius 3 is 1.12 bits per heavy atom. The zero-order valence-electron chi connectivity index (χ0n) is 39.2. The van der Waals surface area contributed by atoms with Crippen molar-refractivity contribution in [1.29, 1.82) is 0 Å². The second-order valence-corrected chi connectivity index (χ2v) is 19.0. The number of aromatic nitrogens is 1. The topological polar surface area (TPSA) is 18.1 Å². The molecule has 2 nitrogen and oxygen atoms in total. The monoisotopic (exact) mass is 913 g/mol. The number of nitrogens with zero attached hydrogens (tertiary/aromatic N) is 1. The van der Waals surface area contributed by atoms with Crippen LogP contribution >= 0.6 is 0 Å². The van der Waals surface area contributed by atoms with Crippen molar-refractivity contribution >= 4 is 86.8 Å². The fourth-order valence-electron chi connectivity index (χ4n) is 12.0. The summed E-state index contributed by atoms with van der Waals surface area (Å²) < 4.78 is 9.61. The molecule has 2 aromatic heterocycles. The summed E-state index contributed by atoms with van der Waals surface area (Å²) in [7, 11) is 0. The second-order valence-electron chi connectivity index (χ2n) is 19.0. The summed E-state index contributed by atoms with van der Waals surface area (Å²) in [5, 5.41) is 14.3. The summed E-state index contributed by atoms with van der Waals surface area (Å²) >= 11 is 0. The lowest BCUT2D eigenvalue weighted by Crippen LogP contribution is -1.99. The molecular weight excluding hydrogens is 871 g/mol. The number of hydrogen-bond acceptors (Lipinski definition) is 1. The second kappa shape index (κ2) is 16.0. The maximum Gasteiger partial charge on any atom is 0.143 e. The molecule has 0 bridgehead atoms. The van der Waals surface area contributed by atoms with Gasteiger partial charge in [0.2, 0.25) is 0 Å². The van der Waals surface area contributed by atoms with Crippen LogP contribution in [0.2, 0.25) is 0 Å². The molecule has 0 unspecified atom stereocenters. The van der Waals surface area contributed by atoms with Crippen LogP contribution in [0.3, 0.4) is 0 Å². The Morgan fingerprint density at radius 1 is 0.236 bits per heavy atom. The molecule has 0 atom stereocenters. The molecule has 2 heteroatoms. The van der Waals surface area contributed by atoms with Crippen molar-refractivity contribution in [2.45, 2.75) is 0 Å². The minimum Gasteiger partial charge on any atom is -0.455 e. The highest BCUT2D eigenvalue weighted by molar-refractivity contribution is 6.25. The van der Waals surface area contributed by atoms with Gasteiger partial charge < -0.3 is 8.98 Å². The van der Waals surface area contributed by atoms with E-state index in [0.29, 0.717) is 0 Å². The summed E-state index contributed by atoms with van der Waals surface area (Å²) in [5.41, 5.74) is 17.2. The lowest BCUT2D eigenvalue weighted by atomic mass is 9.85. The molecule has 0 amide bonds. The van der Waals surface area contributed by atoms with E-state index in [1.807, 2.05) is 0 Å². The Bertz CT molecular complexity index is 4450. The van der Waals surface area contributed by atoms with Crippen LogP contribution in [0.5, 0.6) is 0 Å². The summed E-state index contributed by atoms with van der Waals surface area (Å²) in [4.78, 5) is 0. The molecule has 0 aliphatic heterocycles. The van der Waals surface area contributed by atoms with Crippen molar-refractivity contribution in [2.75, 3.05) is 0 Å². The molecule has 15 rings (SSSR count). The van der Waals surface area contributed by atoms with Gasteiger partial charge in [0, 0.05) is 43.4 Å². The van der Waals surface area contributed by atoms with Crippen molar-refractivity contribution in [3.8, 4) is 61.3 Å². The third kappa shape index (κ3) is 6.09. The van der Waals surface area contributed by atoms with Gasteiger partial charge in [-0.25, -0.2) is 0 Å². The normalized spacial score (nSPS) is 11.9. The van der Waals surface area contributed by atoms with Gasteiger partial charge in [-0.2, -0.15) is 0 Å². The van der Waals surface area contributed by atoms with Crippen molar-refractivity contribution < 1.29 is 4.42 Å². The van der Waals surface area contributed by atoms with Crippen molar-refractivity contribution in [3.63, 3.8) is 0 Å². The number of rotatable bonds is 6. The Balaban J connectivity index is 0.963. The molecule has 0 spiro atoms. The predicted octanol–water partition coefficient (Wildman–Crippen LogP) is 19.6. The van der Waals surface area contributed by atoms with Crippen molar-refractivity contribution in [1.82, 2.24) is 4.57 Å². The summed E-state index contributed by atoms with van der Waals surface area (Å²) in [5.74, 6) is 0. The lowest BCUT2D eigenvalue weighted by molar-refractivity contribution is 0.670. The highest BCUT2D eigenvalue weighted by atomic mass is 16.3. The molecular formula is C70H43NO. The first-order valence-electron chi connectivity index (χ1n) is 24.8.